The second kappa shape index (κ2) is 6.36. The Labute approximate surface area is 141 Å². The summed E-state index contributed by atoms with van der Waals surface area (Å²) in [5.41, 5.74) is 2.73. The van der Waals surface area contributed by atoms with E-state index < -0.39 is 0 Å². The van der Waals surface area contributed by atoms with Crippen LogP contribution < -0.4 is 10.6 Å². The van der Waals surface area contributed by atoms with Gasteiger partial charge in [-0.1, -0.05) is 31.2 Å². The van der Waals surface area contributed by atoms with Crippen LogP contribution in [0.25, 0.3) is 0 Å². The molecule has 0 unspecified atom stereocenters. The summed E-state index contributed by atoms with van der Waals surface area (Å²) < 4.78 is 0. The summed E-state index contributed by atoms with van der Waals surface area (Å²) in [6, 6.07) is 8.99. The molecular weight excluding hydrogens is 302 g/mol. The zero-order chi connectivity index (χ0) is 16.5. The van der Waals surface area contributed by atoms with E-state index in [1.54, 1.807) is 0 Å². The number of benzene rings is 1. The predicted molar refractivity (Wildman–Crippen MR) is 92.8 cm³/mol. The van der Waals surface area contributed by atoms with Crippen molar-refractivity contribution in [2.45, 2.75) is 50.8 Å². The van der Waals surface area contributed by atoms with E-state index in [2.05, 4.69) is 56.8 Å². The molecule has 2 aliphatic carbocycles. The molecule has 0 radical (unpaired) electrons. The Morgan fingerprint density at radius 1 is 1.08 bits per heavy atom. The van der Waals surface area contributed by atoms with Crippen molar-refractivity contribution in [2.75, 3.05) is 10.6 Å². The number of anilines is 2. The molecule has 126 valence electrons. The minimum Gasteiger partial charge on any atom is -0.393 e. The fraction of sp³-hybridized carbons (Fsp3) is 0.500. The van der Waals surface area contributed by atoms with Crippen LogP contribution in [0.15, 0.2) is 30.6 Å². The van der Waals surface area contributed by atoms with Crippen LogP contribution in [0.5, 0.6) is 0 Å². The molecule has 0 spiro atoms. The first kappa shape index (κ1) is 15.3. The summed E-state index contributed by atoms with van der Waals surface area (Å²) in [6.07, 6.45) is 5.11. The third kappa shape index (κ3) is 3.06. The van der Waals surface area contributed by atoms with E-state index >= 15 is 0 Å². The smallest absolute Gasteiger partial charge is 0.227 e. The van der Waals surface area contributed by atoms with Crippen LogP contribution >= 0.6 is 0 Å². The highest BCUT2D eigenvalue weighted by molar-refractivity contribution is 5.42. The van der Waals surface area contributed by atoms with Gasteiger partial charge in [-0.25, -0.2) is 9.97 Å². The Balaban J connectivity index is 1.44. The standard InChI is InChI=1S/C18H23N5O/c1-11-8-13(9-16(11)24)21-17-19-10-20-18(23-17)22-15-7-6-12-4-2-3-5-14(12)15/h2-5,10-11,13,15-16,24H,6-9H2,1H3,(H2,19,20,21,22,23)/t11-,13+,15-,16-/m0/s1. The number of aliphatic hydroxyl groups excluding tert-OH is 1. The quantitative estimate of drug-likeness (QED) is 0.801. The summed E-state index contributed by atoms with van der Waals surface area (Å²) in [6.45, 7) is 2.07. The third-order valence-electron chi connectivity index (χ3n) is 5.18. The Hall–Kier alpha value is -2.21. The molecule has 4 rings (SSSR count). The molecule has 3 N–H and O–H groups in total. The first-order chi connectivity index (χ1) is 11.7. The lowest BCUT2D eigenvalue weighted by molar-refractivity contribution is 0.141. The van der Waals surface area contributed by atoms with E-state index in [0.717, 1.165) is 25.7 Å². The first-order valence-electron chi connectivity index (χ1n) is 8.67. The molecule has 1 aromatic heterocycles. The molecule has 1 fully saturated rings. The number of nitrogens with one attached hydrogen (secondary N) is 2. The van der Waals surface area contributed by atoms with Crippen LogP contribution in [0.2, 0.25) is 0 Å². The Bertz CT molecular complexity index is 712. The van der Waals surface area contributed by atoms with Gasteiger partial charge in [0.05, 0.1) is 12.1 Å². The SMILES string of the molecule is C[C@H]1C[C@@H](Nc2ncnc(N[C@H]3CCc4ccccc43)n2)C[C@@H]1O. The van der Waals surface area contributed by atoms with Crippen LogP contribution in [0.4, 0.5) is 11.9 Å². The van der Waals surface area contributed by atoms with Gasteiger partial charge in [0.1, 0.15) is 6.33 Å². The molecular formula is C18H23N5O. The number of fused-ring (bicyclic) bond motifs is 1. The van der Waals surface area contributed by atoms with Gasteiger partial charge in [0.25, 0.3) is 0 Å². The van der Waals surface area contributed by atoms with Crippen LogP contribution in [0, 0.1) is 5.92 Å². The number of aryl methyl sites for hydroxylation is 1. The molecule has 0 bridgehead atoms. The zero-order valence-electron chi connectivity index (χ0n) is 13.8. The summed E-state index contributed by atoms with van der Waals surface area (Å²) in [7, 11) is 0. The minimum absolute atomic E-state index is 0.220. The van der Waals surface area contributed by atoms with Gasteiger partial charge in [-0.15, -0.1) is 0 Å². The molecule has 1 heterocycles. The highest BCUT2D eigenvalue weighted by Gasteiger charge is 2.30. The van der Waals surface area contributed by atoms with E-state index in [4.69, 9.17) is 0 Å². The number of nitrogens with zero attached hydrogens (tertiary/aromatic N) is 3. The van der Waals surface area contributed by atoms with Gasteiger partial charge in [0, 0.05) is 6.04 Å². The van der Waals surface area contributed by atoms with Gasteiger partial charge >= 0.3 is 0 Å². The molecule has 4 atom stereocenters. The molecule has 2 aromatic rings. The van der Waals surface area contributed by atoms with Gasteiger partial charge in [-0.05, 0) is 42.7 Å². The highest BCUT2D eigenvalue weighted by Crippen LogP contribution is 2.33. The lowest BCUT2D eigenvalue weighted by Crippen LogP contribution is -2.19. The average Bonchev–Trinajstić information content (AvgIpc) is 3.12. The molecule has 6 nitrogen and oxygen atoms in total. The maximum Gasteiger partial charge on any atom is 0.227 e. The van der Waals surface area contributed by atoms with Crippen molar-refractivity contribution >= 4 is 11.9 Å². The van der Waals surface area contributed by atoms with Crippen LogP contribution in [0.1, 0.15) is 43.4 Å². The van der Waals surface area contributed by atoms with Crippen LogP contribution in [0.3, 0.4) is 0 Å². The summed E-state index contributed by atoms with van der Waals surface area (Å²) in [5.74, 6) is 1.49. The van der Waals surface area contributed by atoms with Crippen molar-refractivity contribution in [1.29, 1.82) is 0 Å². The number of rotatable bonds is 4. The van der Waals surface area contributed by atoms with E-state index in [0.29, 0.717) is 17.8 Å². The van der Waals surface area contributed by atoms with Gasteiger partial charge in [0.2, 0.25) is 11.9 Å². The van der Waals surface area contributed by atoms with E-state index in [1.807, 2.05) is 0 Å². The molecule has 1 saturated carbocycles. The van der Waals surface area contributed by atoms with Gasteiger partial charge < -0.3 is 15.7 Å². The third-order valence-corrected chi connectivity index (χ3v) is 5.18. The average molecular weight is 325 g/mol. The highest BCUT2D eigenvalue weighted by atomic mass is 16.3. The summed E-state index contributed by atoms with van der Waals surface area (Å²) >= 11 is 0. The number of aromatic nitrogens is 3. The summed E-state index contributed by atoms with van der Waals surface area (Å²) in [4.78, 5) is 13.0. The lowest BCUT2D eigenvalue weighted by atomic mass is 10.1. The maximum absolute atomic E-state index is 9.88. The Morgan fingerprint density at radius 3 is 2.67 bits per heavy atom. The fourth-order valence-electron chi connectivity index (χ4n) is 3.82. The van der Waals surface area contributed by atoms with E-state index in [1.165, 1.54) is 17.5 Å². The van der Waals surface area contributed by atoms with E-state index in [-0.39, 0.29) is 18.2 Å². The predicted octanol–water partition coefficient (Wildman–Crippen LogP) is 2.54. The van der Waals surface area contributed by atoms with Gasteiger partial charge in [-0.3, -0.25) is 0 Å². The molecule has 1 aromatic carbocycles. The Kier molecular flexibility index (Phi) is 4.06. The maximum atomic E-state index is 9.88. The topological polar surface area (TPSA) is 83.0 Å². The molecule has 2 aliphatic rings. The normalized spacial score (nSPS) is 28.6. The second-order valence-electron chi connectivity index (χ2n) is 6.92. The minimum atomic E-state index is -0.239. The zero-order valence-corrected chi connectivity index (χ0v) is 13.8. The monoisotopic (exact) mass is 325 g/mol. The van der Waals surface area contributed by atoms with E-state index in [9.17, 15) is 5.11 Å². The van der Waals surface area contributed by atoms with Crippen molar-refractivity contribution in [2.24, 2.45) is 5.92 Å². The van der Waals surface area contributed by atoms with Crippen molar-refractivity contribution in [1.82, 2.24) is 15.0 Å². The fourth-order valence-corrected chi connectivity index (χ4v) is 3.82. The van der Waals surface area contributed by atoms with Crippen molar-refractivity contribution in [3.63, 3.8) is 0 Å². The van der Waals surface area contributed by atoms with Crippen LogP contribution in [-0.2, 0) is 6.42 Å². The molecule has 0 amide bonds. The number of aliphatic hydroxyl groups is 1. The number of hydrogen-bond acceptors (Lipinski definition) is 6. The molecule has 24 heavy (non-hydrogen) atoms. The molecule has 0 saturated heterocycles. The van der Waals surface area contributed by atoms with Crippen molar-refractivity contribution in [3.8, 4) is 0 Å². The van der Waals surface area contributed by atoms with Gasteiger partial charge in [0.15, 0.2) is 0 Å². The second-order valence-corrected chi connectivity index (χ2v) is 6.92. The lowest BCUT2D eigenvalue weighted by Gasteiger charge is -2.15. The molecule has 6 heteroatoms. The van der Waals surface area contributed by atoms with Gasteiger partial charge in [-0.2, -0.15) is 4.98 Å². The Morgan fingerprint density at radius 2 is 1.88 bits per heavy atom. The molecule has 0 aliphatic heterocycles. The summed E-state index contributed by atoms with van der Waals surface area (Å²) in [5, 5.41) is 16.6. The largest absolute Gasteiger partial charge is 0.393 e. The van der Waals surface area contributed by atoms with Crippen molar-refractivity contribution < 1.29 is 5.11 Å². The first-order valence-corrected chi connectivity index (χ1v) is 8.67. The number of hydrogen-bond donors (Lipinski definition) is 3. The van der Waals surface area contributed by atoms with Crippen LogP contribution in [-0.4, -0.2) is 32.2 Å². The van der Waals surface area contributed by atoms with Crippen molar-refractivity contribution in [3.05, 3.63) is 41.7 Å².